The maximum absolute atomic E-state index is 15.2. The number of benzene rings is 2. The first-order chi connectivity index (χ1) is 28.6. The van der Waals surface area contributed by atoms with Crippen LogP contribution in [-0.2, 0) is 4.79 Å². The van der Waals surface area contributed by atoms with Gasteiger partial charge in [0, 0.05) is 79.6 Å². The largest absolute Gasteiger partial charge is 0.507 e. The summed E-state index contributed by atoms with van der Waals surface area (Å²) in [6.07, 6.45) is 10.7. The number of ether oxygens (including phenoxy) is 1. The zero-order chi connectivity index (χ0) is 40.4. The number of nitrogen functional groups attached to an aromatic ring is 1. The number of nitrogens with two attached hydrogens (primary N) is 1. The van der Waals surface area contributed by atoms with E-state index in [1.54, 1.807) is 23.2 Å². The second-order valence-corrected chi connectivity index (χ2v) is 17.1. The van der Waals surface area contributed by atoms with Crippen molar-refractivity contribution in [2.24, 2.45) is 5.41 Å². The van der Waals surface area contributed by atoms with Crippen LogP contribution in [0.15, 0.2) is 67.0 Å². The molecule has 4 N–H and O–H groups in total. The van der Waals surface area contributed by atoms with Crippen LogP contribution in [0, 0.1) is 18.2 Å². The summed E-state index contributed by atoms with van der Waals surface area (Å²) in [4.78, 5) is 37.6. The van der Waals surface area contributed by atoms with Crippen molar-refractivity contribution in [3.8, 4) is 22.8 Å². The first kappa shape index (κ1) is 37.3. The number of anilines is 4. The fourth-order valence-electron chi connectivity index (χ4n) is 10.3. The van der Waals surface area contributed by atoms with Crippen molar-refractivity contribution in [3.63, 3.8) is 0 Å². The molecular weight excluding hydrogens is 752 g/mol. The number of piperidine rings is 1. The number of pyridine rings is 1. The fourth-order valence-corrected chi connectivity index (χ4v) is 10.3. The maximum atomic E-state index is 15.2. The molecule has 59 heavy (non-hydrogen) atoms. The number of halogens is 1. The number of aryl methyl sites for hydroxylation is 1. The zero-order valence-corrected chi connectivity index (χ0v) is 33.2. The van der Waals surface area contributed by atoms with E-state index in [0.717, 1.165) is 99.2 Å². The molecule has 5 aliphatic rings. The Bertz CT molecular complexity index is 2430. The number of imide groups is 1. The van der Waals surface area contributed by atoms with Gasteiger partial charge in [-0.3, -0.25) is 19.9 Å². The van der Waals surface area contributed by atoms with Gasteiger partial charge in [0.25, 0.3) is 0 Å². The number of rotatable bonds is 9. The summed E-state index contributed by atoms with van der Waals surface area (Å²) in [5.41, 5.74) is 12.4. The van der Waals surface area contributed by atoms with E-state index >= 15 is 4.39 Å². The number of phenols is 1. The molecule has 4 saturated heterocycles. The van der Waals surface area contributed by atoms with Gasteiger partial charge < -0.3 is 29.9 Å². The Balaban J connectivity index is 0.726. The highest BCUT2D eigenvalue weighted by atomic mass is 19.1. The van der Waals surface area contributed by atoms with Gasteiger partial charge in [-0.15, -0.1) is 10.2 Å². The minimum absolute atomic E-state index is 0.144. The van der Waals surface area contributed by atoms with Gasteiger partial charge in [-0.25, -0.2) is 14.2 Å². The molecule has 2 unspecified atom stereocenters. The number of para-hydroxylation sites is 1. The Morgan fingerprint density at radius 1 is 0.966 bits per heavy atom. The number of amides is 3. The molecule has 0 radical (unpaired) electrons. The van der Waals surface area contributed by atoms with Gasteiger partial charge in [0.05, 0.1) is 23.3 Å². The number of fused-ring (bicyclic) bond motifs is 3. The minimum atomic E-state index is -0.401. The molecule has 5 fully saturated rings. The monoisotopic (exact) mass is 800 g/mol. The molecule has 2 atom stereocenters. The van der Waals surface area contributed by atoms with Crippen LogP contribution in [0.4, 0.5) is 32.1 Å². The Morgan fingerprint density at radius 3 is 2.51 bits per heavy atom. The lowest BCUT2D eigenvalue weighted by Crippen LogP contribution is -2.54. The summed E-state index contributed by atoms with van der Waals surface area (Å²) in [6, 6.07) is 16.7. The van der Waals surface area contributed by atoms with E-state index in [2.05, 4.69) is 47.9 Å². The normalized spacial score (nSPS) is 22.0. The molecular formula is C44H49FN10O4. The van der Waals surface area contributed by atoms with E-state index in [1.165, 1.54) is 6.07 Å². The van der Waals surface area contributed by atoms with Crippen molar-refractivity contribution in [1.29, 1.82) is 0 Å². The molecule has 1 saturated carbocycles. The Hall–Kier alpha value is -5.96. The number of likely N-dealkylation sites (tertiary alicyclic amines) is 1. The predicted octanol–water partition coefficient (Wildman–Crippen LogP) is 6.03. The van der Waals surface area contributed by atoms with Crippen molar-refractivity contribution in [3.05, 3.63) is 78.4 Å². The average Bonchev–Trinajstić information content (AvgIpc) is 3.69. The van der Waals surface area contributed by atoms with Crippen LogP contribution in [0.1, 0.15) is 56.6 Å². The van der Waals surface area contributed by atoms with Gasteiger partial charge in [-0.05, 0) is 106 Å². The summed E-state index contributed by atoms with van der Waals surface area (Å²) in [6.45, 7) is 7.06. The highest BCUT2D eigenvalue weighted by molar-refractivity contribution is 6.06. The molecule has 2 aromatic carbocycles. The Labute approximate surface area is 341 Å². The number of nitrogens with zero attached hydrogens (tertiary/aromatic N) is 8. The molecule has 14 nitrogen and oxygen atoms in total. The Kier molecular flexibility index (Phi) is 9.30. The third-order valence-electron chi connectivity index (χ3n) is 13.5. The van der Waals surface area contributed by atoms with Gasteiger partial charge in [-0.1, -0.05) is 12.1 Å². The van der Waals surface area contributed by atoms with Crippen LogP contribution < -0.4 is 30.5 Å². The predicted molar refractivity (Wildman–Crippen MR) is 223 cm³/mol. The average molecular weight is 801 g/mol. The minimum Gasteiger partial charge on any atom is -0.507 e. The first-order valence-corrected chi connectivity index (χ1v) is 20.8. The highest BCUT2D eigenvalue weighted by Gasteiger charge is 2.47. The van der Waals surface area contributed by atoms with Crippen molar-refractivity contribution < 1.29 is 23.8 Å². The molecule has 10 rings (SSSR count). The van der Waals surface area contributed by atoms with E-state index in [-0.39, 0.29) is 36.0 Å². The van der Waals surface area contributed by atoms with Crippen LogP contribution in [-0.4, -0.2) is 99.7 Å². The van der Waals surface area contributed by atoms with Gasteiger partial charge in [0.2, 0.25) is 5.91 Å². The van der Waals surface area contributed by atoms with Crippen LogP contribution in [0.25, 0.3) is 22.3 Å². The number of hydrogen-bond acceptors (Lipinski definition) is 11. The molecule has 1 aliphatic carbocycles. The zero-order valence-electron chi connectivity index (χ0n) is 33.2. The molecule has 1 spiro atoms. The number of phenolic OH excluding ortho intramolecular Hbond substituents is 1. The lowest BCUT2D eigenvalue weighted by molar-refractivity contribution is -0.120. The summed E-state index contributed by atoms with van der Waals surface area (Å²) in [7, 11) is 0. The second-order valence-electron chi connectivity index (χ2n) is 17.1. The molecule has 306 valence electrons. The van der Waals surface area contributed by atoms with Crippen LogP contribution in [0.2, 0.25) is 0 Å². The number of nitrogens with one attached hydrogen (secondary N) is 1. The van der Waals surface area contributed by atoms with Gasteiger partial charge in [0.15, 0.2) is 17.4 Å². The topological polar surface area (TPSA) is 158 Å². The smallest absolute Gasteiger partial charge is 0.328 e. The van der Waals surface area contributed by atoms with E-state index in [4.69, 9.17) is 15.5 Å². The van der Waals surface area contributed by atoms with E-state index < -0.39 is 6.03 Å². The van der Waals surface area contributed by atoms with Gasteiger partial charge in [0.1, 0.15) is 18.0 Å². The number of aromatic nitrogens is 4. The van der Waals surface area contributed by atoms with Crippen molar-refractivity contribution in [2.75, 3.05) is 66.3 Å². The van der Waals surface area contributed by atoms with E-state index in [9.17, 15) is 14.7 Å². The molecule has 5 aromatic rings. The lowest BCUT2D eigenvalue weighted by Gasteiger charge is -2.52. The maximum Gasteiger partial charge on any atom is 0.328 e. The first-order valence-electron chi connectivity index (χ1n) is 20.8. The quantitative estimate of drug-likeness (QED) is 0.160. The second kappa shape index (κ2) is 14.7. The number of aromatic hydroxyl groups is 1. The summed E-state index contributed by atoms with van der Waals surface area (Å²) >= 11 is 0. The molecule has 4 aliphatic heterocycles. The van der Waals surface area contributed by atoms with Crippen molar-refractivity contribution in [1.82, 2.24) is 30.0 Å². The van der Waals surface area contributed by atoms with E-state index in [1.807, 2.05) is 36.4 Å². The fraction of sp³-hybridized carbons (Fsp3) is 0.432. The number of urea groups is 1. The molecule has 2 bridgehead atoms. The molecule has 7 heterocycles. The van der Waals surface area contributed by atoms with Crippen molar-refractivity contribution >= 4 is 45.9 Å². The Morgan fingerprint density at radius 2 is 1.75 bits per heavy atom. The number of piperazine rings is 1. The number of carbonyl (C=O) groups is 2. The standard InChI is InChI=1S/C44H49FN10O4/c1-27-24-54(42-34(27)18-31(23-47-42)53-13-10-40(57)48-43(53)58)32-21-44(22-32)11-14-51(15-12-44)16-17-59-39-19-28(8-9-35(39)45)55-29-6-7-30(55)26-52(25-29)37-20-36(49-50-41(37)46)33-4-2-3-5-38(33)56/h2-5,8-9,18-20,23-24,29-30,32,56H,6-7,10-17,21-22,25-26H2,1H3,(H2,46,50)(H,48,57,58). The van der Waals surface area contributed by atoms with Gasteiger partial charge in [-0.2, -0.15) is 0 Å². The van der Waals surface area contributed by atoms with Crippen LogP contribution in [0.5, 0.6) is 11.5 Å². The SMILES string of the molecule is Cc1cn(C2CC3(CCN(CCOc4cc(N5C6CCC5CN(c5cc(-c7ccccc7O)nnc5N)C6)ccc4F)CC3)C2)c2ncc(N3CCC(=O)NC3=O)cc12. The summed E-state index contributed by atoms with van der Waals surface area (Å²) < 4.78 is 23.6. The van der Waals surface area contributed by atoms with Crippen LogP contribution in [0.3, 0.4) is 0 Å². The third kappa shape index (κ3) is 6.84. The van der Waals surface area contributed by atoms with Gasteiger partial charge >= 0.3 is 6.03 Å². The number of carbonyl (C=O) groups excluding carboxylic acids is 2. The summed E-state index contributed by atoms with van der Waals surface area (Å²) in [5.74, 6) is 0.195. The van der Waals surface area contributed by atoms with Crippen molar-refractivity contribution in [2.45, 2.75) is 70.0 Å². The molecule has 3 aromatic heterocycles. The molecule has 3 amide bonds. The van der Waals surface area contributed by atoms with E-state index in [0.29, 0.717) is 53.1 Å². The lowest BCUT2D eigenvalue weighted by atomic mass is 9.60. The summed E-state index contributed by atoms with van der Waals surface area (Å²) in [5, 5.41) is 22.3. The third-order valence-corrected chi connectivity index (χ3v) is 13.5. The van der Waals surface area contributed by atoms with Crippen LogP contribution >= 0.6 is 0 Å². The highest BCUT2D eigenvalue weighted by Crippen LogP contribution is 2.55. The molecule has 15 heteroatoms. The number of hydrogen-bond donors (Lipinski definition) is 3.